The molecule has 1 aliphatic heterocycles. The lowest BCUT2D eigenvalue weighted by Gasteiger charge is -2.15. The average Bonchev–Trinajstić information content (AvgIpc) is 2.85. The van der Waals surface area contributed by atoms with E-state index in [9.17, 15) is 9.59 Å². The molecule has 0 spiro atoms. The molecular weight excluding hydrogens is 322 g/mol. The van der Waals surface area contributed by atoms with Crippen LogP contribution in [0.1, 0.15) is 65.7 Å². The molecule has 0 saturated carbocycles. The summed E-state index contributed by atoms with van der Waals surface area (Å²) in [6, 6.07) is 7.05. The number of imide groups is 1. The van der Waals surface area contributed by atoms with Crippen LogP contribution in [0.2, 0.25) is 0 Å². The van der Waals surface area contributed by atoms with Gasteiger partial charge in [-0.1, -0.05) is 37.5 Å². The Labute approximate surface area is 149 Å². The average molecular weight is 348 g/mol. The SMILES string of the molecule is C=C[C@H](CCCCCl)CCCCCN1C(=O)c2ccccc2C1=O. The number of rotatable bonds is 11. The van der Waals surface area contributed by atoms with Crippen LogP contribution in [-0.2, 0) is 0 Å². The van der Waals surface area contributed by atoms with Gasteiger partial charge < -0.3 is 0 Å². The molecule has 3 nitrogen and oxygen atoms in total. The fraction of sp³-hybridized carbons (Fsp3) is 0.500. The summed E-state index contributed by atoms with van der Waals surface area (Å²) in [6.07, 6.45) is 9.49. The predicted molar refractivity (Wildman–Crippen MR) is 98.5 cm³/mol. The number of hydrogen-bond acceptors (Lipinski definition) is 2. The fourth-order valence-electron chi connectivity index (χ4n) is 3.18. The first-order valence-corrected chi connectivity index (χ1v) is 9.36. The number of allylic oxidation sites excluding steroid dienone is 1. The topological polar surface area (TPSA) is 37.4 Å². The highest BCUT2D eigenvalue weighted by Gasteiger charge is 2.34. The lowest BCUT2D eigenvalue weighted by atomic mass is 9.95. The molecule has 1 aliphatic rings. The van der Waals surface area contributed by atoms with Gasteiger partial charge in [-0.15, -0.1) is 18.2 Å². The summed E-state index contributed by atoms with van der Waals surface area (Å²) in [5.74, 6) is 0.971. The van der Waals surface area contributed by atoms with Crippen molar-refractivity contribution >= 4 is 23.4 Å². The van der Waals surface area contributed by atoms with Crippen LogP contribution in [0.5, 0.6) is 0 Å². The van der Waals surface area contributed by atoms with Crippen molar-refractivity contribution in [3.05, 3.63) is 48.0 Å². The van der Waals surface area contributed by atoms with Gasteiger partial charge in [0.05, 0.1) is 11.1 Å². The van der Waals surface area contributed by atoms with Gasteiger partial charge in [-0.05, 0) is 43.7 Å². The highest BCUT2D eigenvalue weighted by molar-refractivity contribution is 6.21. The Morgan fingerprint density at radius 3 is 2.08 bits per heavy atom. The van der Waals surface area contributed by atoms with Crippen LogP contribution < -0.4 is 0 Å². The van der Waals surface area contributed by atoms with E-state index < -0.39 is 0 Å². The van der Waals surface area contributed by atoms with Gasteiger partial charge in [-0.3, -0.25) is 14.5 Å². The Hall–Kier alpha value is -1.61. The van der Waals surface area contributed by atoms with Gasteiger partial charge >= 0.3 is 0 Å². The van der Waals surface area contributed by atoms with Crippen molar-refractivity contribution in [1.29, 1.82) is 0 Å². The van der Waals surface area contributed by atoms with E-state index >= 15 is 0 Å². The first kappa shape index (κ1) is 18.7. The number of fused-ring (bicyclic) bond motifs is 1. The van der Waals surface area contributed by atoms with E-state index in [-0.39, 0.29) is 11.8 Å². The van der Waals surface area contributed by atoms with Crippen LogP contribution in [0.15, 0.2) is 36.9 Å². The monoisotopic (exact) mass is 347 g/mol. The van der Waals surface area contributed by atoms with Crippen molar-refractivity contribution in [2.45, 2.75) is 44.9 Å². The van der Waals surface area contributed by atoms with Crippen molar-refractivity contribution in [2.75, 3.05) is 12.4 Å². The molecule has 2 amide bonds. The zero-order chi connectivity index (χ0) is 17.4. The van der Waals surface area contributed by atoms with Crippen molar-refractivity contribution < 1.29 is 9.59 Å². The Morgan fingerprint density at radius 1 is 0.958 bits per heavy atom. The second-order valence-corrected chi connectivity index (χ2v) is 6.72. The zero-order valence-corrected chi connectivity index (χ0v) is 14.9. The molecule has 0 aliphatic carbocycles. The zero-order valence-electron chi connectivity index (χ0n) is 14.2. The number of nitrogens with zero attached hydrogens (tertiary/aromatic N) is 1. The van der Waals surface area contributed by atoms with E-state index in [1.165, 1.54) is 4.90 Å². The van der Waals surface area contributed by atoms with Gasteiger partial charge in [-0.25, -0.2) is 0 Å². The van der Waals surface area contributed by atoms with Crippen LogP contribution in [0.4, 0.5) is 0 Å². The summed E-state index contributed by atoms with van der Waals surface area (Å²) in [6.45, 7) is 4.43. The van der Waals surface area contributed by atoms with E-state index in [1.54, 1.807) is 24.3 Å². The fourth-order valence-corrected chi connectivity index (χ4v) is 3.37. The lowest BCUT2D eigenvalue weighted by molar-refractivity contribution is 0.0651. The van der Waals surface area contributed by atoms with E-state index in [4.69, 9.17) is 11.6 Å². The molecule has 0 N–H and O–H groups in total. The second kappa shape index (κ2) is 9.63. The maximum absolute atomic E-state index is 12.3. The third-order valence-corrected chi connectivity index (χ3v) is 4.89. The summed E-state index contributed by atoms with van der Waals surface area (Å²) in [4.78, 5) is 25.9. The van der Waals surface area contributed by atoms with Crippen LogP contribution in [0.3, 0.4) is 0 Å². The first-order chi connectivity index (χ1) is 11.7. The number of halogens is 1. The quantitative estimate of drug-likeness (QED) is 0.243. The van der Waals surface area contributed by atoms with Crippen molar-refractivity contribution in [2.24, 2.45) is 5.92 Å². The van der Waals surface area contributed by atoms with Crippen molar-refractivity contribution in [3.8, 4) is 0 Å². The summed E-state index contributed by atoms with van der Waals surface area (Å²) in [7, 11) is 0. The van der Waals surface area contributed by atoms with E-state index in [1.807, 2.05) is 6.08 Å². The minimum absolute atomic E-state index is 0.152. The van der Waals surface area contributed by atoms with Crippen molar-refractivity contribution in [3.63, 3.8) is 0 Å². The minimum atomic E-state index is -0.152. The standard InChI is InChI=1S/C20H26ClNO2/c1-2-16(11-7-8-14-21)10-4-3-9-15-22-19(23)17-12-5-6-13-18(17)20(22)24/h2,5-6,12-13,16H,1,3-4,7-11,14-15H2/t16-/m0/s1. The highest BCUT2D eigenvalue weighted by atomic mass is 35.5. The molecule has 0 aromatic heterocycles. The minimum Gasteiger partial charge on any atom is -0.274 e. The van der Waals surface area contributed by atoms with E-state index in [0.29, 0.717) is 23.6 Å². The molecule has 1 atom stereocenters. The molecule has 0 unspecified atom stereocenters. The maximum Gasteiger partial charge on any atom is 0.261 e. The van der Waals surface area contributed by atoms with Gasteiger partial charge in [0.25, 0.3) is 11.8 Å². The lowest BCUT2D eigenvalue weighted by Crippen LogP contribution is -2.30. The largest absolute Gasteiger partial charge is 0.274 e. The van der Waals surface area contributed by atoms with Crippen LogP contribution in [0.25, 0.3) is 0 Å². The van der Waals surface area contributed by atoms with Crippen molar-refractivity contribution in [1.82, 2.24) is 4.90 Å². The first-order valence-electron chi connectivity index (χ1n) is 8.82. The highest BCUT2D eigenvalue weighted by Crippen LogP contribution is 2.23. The summed E-state index contributed by atoms with van der Waals surface area (Å²) >= 11 is 5.71. The normalized spacial score (nSPS) is 14.8. The third-order valence-electron chi connectivity index (χ3n) is 4.63. The number of carbonyl (C=O) groups is 2. The van der Waals surface area contributed by atoms with Gasteiger partial charge in [0.15, 0.2) is 0 Å². The molecule has 1 aromatic rings. The van der Waals surface area contributed by atoms with Crippen LogP contribution >= 0.6 is 11.6 Å². The number of benzene rings is 1. The number of hydrogen-bond donors (Lipinski definition) is 0. The second-order valence-electron chi connectivity index (χ2n) is 6.34. The van der Waals surface area contributed by atoms with Gasteiger partial charge in [0.1, 0.15) is 0 Å². The molecule has 4 heteroatoms. The Bertz CT molecular complexity index is 550. The molecule has 1 heterocycles. The molecule has 0 radical (unpaired) electrons. The summed E-state index contributed by atoms with van der Waals surface area (Å²) < 4.78 is 0. The summed E-state index contributed by atoms with van der Waals surface area (Å²) in [5.41, 5.74) is 1.07. The van der Waals surface area contributed by atoms with E-state index in [2.05, 4.69) is 6.58 Å². The van der Waals surface area contributed by atoms with Gasteiger partial charge in [0.2, 0.25) is 0 Å². The molecule has 2 rings (SSSR count). The van der Waals surface area contributed by atoms with Crippen LogP contribution in [-0.4, -0.2) is 29.1 Å². The van der Waals surface area contributed by atoms with Crippen LogP contribution in [0, 0.1) is 5.92 Å². The Kier molecular flexibility index (Phi) is 7.51. The smallest absolute Gasteiger partial charge is 0.261 e. The molecule has 0 saturated heterocycles. The molecule has 24 heavy (non-hydrogen) atoms. The number of carbonyl (C=O) groups excluding carboxylic acids is 2. The number of alkyl halides is 1. The number of amides is 2. The molecule has 130 valence electrons. The van der Waals surface area contributed by atoms with Gasteiger partial charge in [-0.2, -0.15) is 0 Å². The maximum atomic E-state index is 12.3. The molecule has 0 bridgehead atoms. The Morgan fingerprint density at radius 2 is 1.54 bits per heavy atom. The third kappa shape index (κ3) is 4.70. The number of unbranched alkanes of at least 4 members (excludes halogenated alkanes) is 3. The molecular formula is C20H26ClNO2. The Balaban J connectivity index is 1.69. The molecule has 1 aromatic carbocycles. The van der Waals surface area contributed by atoms with Gasteiger partial charge in [0, 0.05) is 12.4 Å². The predicted octanol–water partition coefficient (Wildman–Crippen LogP) is 5.05. The molecule has 0 fully saturated rings. The summed E-state index contributed by atoms with van der Waals surface area (Å²) in [5, 5.41) is 0. The van der Waals surface area contributed by atoms with E-state index in [0.717, 1.165) is 50.8 Å².